The number of oxime groups is 1. The van der Waals surface area contributed by atoms with Gasteiger partial charge in [0.15, 0.2) is 5.84 Å². The van der Waals surface area contributed by atoms with E-state index >= 15 is 0 Å². The molecule has 0 aromatic carbocycles. The third kappa shape index (κ3) is 3.55. The molecule has 0 saturated carbocycles. The van der Waals surface area contributed by atoms with Gasteiger partial charge in [0, 0.05) is 51.4 Å². The van der Waals surface area contributed by atoms with Crippen molar-refractivity contribution < 1.29 is 15.1 Å². The molecular formula is C13H19ClN4O3. The van der Waals surface area contributed by atoms with Crippen LogP contribution >= 0.6 is 11.6 Å². The molecule has 8 heteroatoms. The standard InChI is InChI=1S/C13H19ClN4O3/c1-18(8-13(19)3-6-21-7-4-13)12-10(14)9(2-5-16-12)11(15)17-20/h2,5,19-20H,3-4,6-8H2,1H3,(H2,15,17). The Bertz CT molecular complexity index is 532. The van der Waals surface area contributed by atoms with Gasteiger partial charge in [-0.2, -0.15) is 0 Å². The summed E-state index contributed by atoms with van der Waals surface area (Å²) >= 11 is 6.26. The summed E-state index contributed by atoms with van der Waals surface area (Å²) in [5.41, 5.74) is 5.15. The van der Waals surface area contributed by atoms with Gasteiger partial charge in [-0.1, -0.05) is 16.8 Å². The minimum atomic E-state index is -0.829. The number of likely N-dealkylation sites (N-methyl/N-ethyl adjacent to an activating group) is 1. The van der Waals surface area contributed by atoms with Gasteiger partial charge in [0.2, 0.25) is 0 Å². The number of rotatable bonds is 4. The van der Waals surface area contributed by atoms with Gasteiger partial charge in [-0.05, 0) is 6.07 Å². The molecule has 116 valence electrons. The second kappa shape index (κ2) is 6.46. The smallest absolute Gasteiger partial charge is 0.171 e. The Morgan fingerprint density at radius 2 is 2.24 bits per heavy atom. The Kier molecular flexibility index (Phi) is 4.87. The minimum absolute atomic E-state index is 0.0816. The molecule has 0 atom stereocenters. The molecule has 1 saturated heterocycles. The highest BCUT2D eigenvalue weighted by atomic mass is 35.5. The fourth-order valence-electron chi connectivity index (χ4n) is 2.38. The molecule has 1 aliphatic rings. The van der Waals surface area contributed by atoms with E-state index in [1.165, 1.54) is 6.20 Å². The molecule has 0 aliphatic carbocycles. The predicted octanol–water partition coefficient (Wildman–Crippen LogP) is 0.807. The van der Waals surface area contributed by atoms with Gasteiger partial charge >= 0.3 is 0 Å². The van der Waals surface area contributed by atoms with Crippen molar-refractivity contribution in [3.8, 4) is 0 Å². The van der Waals surface area contributed by atoms with Gasteiger partial charge in [0.25, 0.3) is 0 Å². The van der Waals surface area contributed by atoms with Crippen LogP contribution in [0.1, 0.15) is 18.4 Å². The lowest BCUT2D eigenvalue weighted by atomic mass is 9.94. The zero-order chi connectivity index (χ0) is 15.5. The summed E-state index contributed by atoms with van der Waals surface area (Å²) in [6, 6.07) is 1.57. The van der Waals surface area contributed by atoms with Gasteiger partial charge < -0.3 is 25.7 Å². The summed E-state index contributed by atoms with van der Waals surface area (Å²) in [5, 5.41) is 22.5. The van der Waals surface area contributed by atoms with E-state index < -0.39 is 5.60 Å². The molecule has 2 rings (SSSR count). The summed E-state index contributed by atoms with van der Waals surface area (Å²) in [6.07, 6.45) is 2.66. The first kappa shape index (κ1) is 15.8. The molecule has 1 aliphatic heterocycles. The van der Waals surface area contributed by atoms with Crippen molar-refractivity contribution in [2.75, 3.05) is 31.7 Å². The van der Waals surface area contributed by atoms with Crippen LogP contribution in [-0.2, 0) is 4.74 Å². The number of nitrogens with zero attached hydrogens (tertiary/aromatic N) is 3. The number of pyridine rings is 1. The number of nitrogens with two attached hydrogens (primary N) is 1. The number of hydrogen-bond acceptors (Lipinski definition) is 6. The van der Waals surface area contributed by atoms with Crippen LogP contribution in [0.5, 0.6) is 0 Å². The van der Waals surface area contributed by atoms with E-state index in [0.29, 0.717) is 44.0 Å². The third-order valence-electron chi connectivity index (χ3n) is 3.57. The molecule has 1 aromatic rings. The van der Waals surface area contributed by atoms with Crippen molar-refractivity contribution in [3.63, 3.8) is 0 Å². The first-order valence-corrected chi connectivity index (χ1v) is 6.98. The molecule has 0 bridgehead atoms. The van der Waals surface area contributed by atoms with Crippen molar-refractivity contribution in [1.82, 2.24) is 4.98 Å². The zero-order valence-electron chi connectivity index (χ0n) is 11.8. The molecular weight excluding hydrogens is 296 g/mol. The van der Waals surface area contributed by atoms with Crippen molar-refractivity contribution in [3.05, 3.63) is 22.8 Å². The minimum Gasteiger partial charge on any atom is -0.409 e. The summed E-state index contributed by atoms with van der Waals surface area (Å²) in [7, 11) is 1.79. The second-order valence-electron chi connectivity index (χ2n) is 5.17. The molecule has 0 unspecified atom stereocenters. The largest absolute Gasteiger partial charge is 0.409 e. The Morgan fingerprint density at radius 1 is 1.57 bits per heavy atom. The van der Waals surface area contributed by atoms with Gasteiger partial charge in [-0.25, -0.2) is 4.98 Å². The highest BCUT2D eigenvalue weighted by molar-refractivity contribution is 6.36. The molecule has 21 heavy (non-hydrogen) atoms. The zero-order valence-corrected chi connectivity index (χ0v) is 12.5. The maximum absolute atomic E-state index is 10.5. The third-order valence-corrected chi connectivity index (χ3v) is 3.94. The maximum Gasteiger partial charge on any atom is 0.171 e. The van der Waals surface area contributed by atoms with Crippen LogP contribution in [0.2, 0.25) is 5.02 Å². The molecule has 7 nitrogen and oxygen atoms in total. The van der Waals surface area contributed by atoms with Crippen LogP contribution < -0.4 is 10.6 Å². The quantitative estimate of drug-likeness (QED) is 0.329. The number of hydrogen-bond donors (Lipinski definition) is 3. The van der Waals surface area contributed by atoms with Crippen molar-refractivity contribution in [2.45, 2.75) is 18.4 Å². The van der Waals surface area contributed by atoms with Gasteiger partial charge in [-0.15, -0.1) is 0 Å². The van der Waals surface area contributed by atoms with E-state index in [1.807, 2.05) is 0 Å². The van der Waals surface area contributed by atoms with Crippen LogP contribution in [0, 0.1) is 0 Å². The average molecular weight is 315 g/mol. The summed E-state index contributed by atoms with van der Waals surface area (Å²) in [6.45, 7) is 1.45. The Labute approximate surface area is 128 Å². The first-order valence-electron chi connectivity index (χ1n) is 6.60. The molecule has 2 heterocycles. The lowest BCUT2D eigenvalue weighted by Crippen LogP contribution is -2.46. The Hall–Kier alpha value is -1.57. The maximum atomic E-state index is 10.5. The van der Waals surface area contributed by atoms with Crippen molar-refractivity contribution in [1.29, 1.82) is 0 Å². The van der Waals surface area contributed by atoms with E-state index in [9.17, 15) is 5.11 Å². The van der Waals surface area contributed by atoms with Gasteiger partial charge in [0.1, 0.15) is 5.82 Å². The number of halogens is 1. The fourth-order valence-corrected chi connectivity index (χ4v) is 2.73. The molecule has 4 N–H and O–H groups in total. The normalized spacial score (nSPS) is 18.5. The molecule has 0 radical (unpaired) electrons. The first-order chi connectivity index (χ1) is 9.97. The lowest BCUT2D eigenvalue weighted by molar-refractivity contribution is -0.0573. The summed E-state index contributed by atoms with van der Waals surface area (Å²) in [5.74, 6) is 0.391. The number of aliphatic hydroxyl groups is 1. The molecule has 0 spiro atoms. The van der Waals surface area contributed by atoms with Gasteiger partial charge in [-0.3, -0.25) is 0 Å². The number of ether oxygens (including phenoxy) is 1. The number of aromatic nitrogens is 1. The highest BCUT2D eigenvalue weighted by Gasteiger charge is 2.32. The number of amidine groups is 1. The van der Waals surface area contributed by atoms with Crippen molar-refractivity contribution >= 4 is 23.3 Å². The SMILES string of the molecule is CN(CC1(O)CCOCC1)c1nccc(/C(N)=N/O)c1Cl. The van der Waals surface area contributed by atoms with E-state index in [4.69, 9.17) is 27.3 Å². The number of anilines is 1. The Morgan fingerprint density at radius 3 is 2.86 bits per heavy atom. The van der Waals surface area contributed by atoms with Crippen LogP contribution in [0.4, 0.5) is 5.82 Å². The van der Waals surface area contributed by atoms with Gasteiger partial charge in [0.05, 0.1) is 10.6 Å². The van der Waals surface area contributed by atoms with E-state index in [-0.39, 0.29) is 10.9 Å². The van der Waals surface area contributed by atoms with E-state index in [2.05, 4.69) is 10.1 Å². The van der Waals surface area contributed by atoms with E-state index in [0.717, 1.165) is 0 Å². The van der Waals surface area contributed by atoms with E-state index in [1.54, 1.807) is 18.0 Å². The van der Waals surface area contributed by atoms with Crippen LogP contribution in [0.3, 0.4) is 0 Å². The van der Waals surface area contributed by atoms with Crippen molar-refractivity contribution in [2.24, 2.45) is 10.9 Å². The van der Waals surface area contributed by atoms with Crippen LogP contribution in [0.25, 0.3) is 0 Å². The summed E-state index contributed by atoms with van der Waals surface area (Å²) < 4.78 is 5.26. The fraction of sp³-hybridized carbons (Fsp3) is 0.538. The lowest BCUT2D eigenvalue weighted by Gasteiger charge is -2.36. The van der Waals surface area contributed by atoms with Crippen LogP contribution in [0.15, 0.2) is 17.4 Å². The Balaban J connectivity index is 2.21. The molecule has 1 fully saturated rings. The monoisotopic (exact) mass is 314 g/mol. The highest BCUT2D eigenvalue weighted by Crippen LogP contribution is 2.29. The topological polar surface area (TPSA) is 104 Å². The van der Waals surface area contributed by atoms with Crippen LogP contribution in [-0.4, -0.2) is 53.5 Å². The average Bonchev–Trinajstić information content (AvgIpc) is 2.46. The summed E-state index contributed by atoms with van der Waals surface area (Å²) in [4.78, 5) is 5.98. The predicted molar refractivity (Wildman–Crippen MR) is 80.0 cm³/mol. The molecule has 0 amide bonds. The second-order valence-corrected chi connectivity index (χ2v) is 5.55. The molecule has 1 aromatic heterocycles.